The summed E-state index contributed by atoms with van der Waals surface area (Å²) in [4.78, 5) is 22.3. The minimum absolute atomic E-state index is 0.0521. The SMILES string of the molecule is C[C@H](O)c1nccn1[C@@H](C#Cc1ccc(-c2ccc(CN[C@H]3COC[C@@H]3O)cc2)cc1)COP(=O)(O)O. The largest absolute Gasteiger partial charge is 0.469 e. The molecule has 1 saturated heterocycles. The highest BCUT2D eigenvalue weighted by Gasteiger charge is 2.25. The third kappa shape index (κ3) is 7.58. The molecular weight excluding hydrogens is 497 g/mol. The predicted octanol–water partition coefficient (Wildman–Crippen LogP) is 2.15. The number of ether oxygens (including phenoxy) is 1. The maximum Gasteiger partial charge on any atom is 0.469 e. The van der Waals surface area contributed by atoms with Crippen molar-refractivity contribution in [2.45, 2.75) is 37.8 Å². The maximum atomic E-state index is 11.2. The molecule has 1 aliphatic heterocycles. The van der Waals surface area contributed by atoms with Crippen LogP contribution in [-0.4, -0.2) is 61.5 Å². The third-order valence-electron chi connectivity index (χ3n) is 5.98. The van der Waals surface area contributed by atoms with E-state index < -0.39 is 26.1 Å². The number of phosphoric acid groups is 1. The van der Waals surface area contributed by atoms with Crippen molar-refractivity contribution in [1.29, 1.82) is 0 Å². The Kier molecular flexibility index (Phi) is 8.92. The summed E-state index contributed by atoms with van der Waals surface area (Å²) in [6, 6.07) is 14.9. The van der Waals surface area contributed by atoms with Gasteiger partial charge < -0.3 is 34.6 Å². The van der Waals surface area contributed by atoms with Crippen molar-refractivity contribution in [2.24, 2.45) is 0 Å². The van der Waals surface area contributed by atoms with Crippen molar-refractivity contribution in [3.63, 3.8) is 0 Å². The van der Waals surface area contributed by atoms with Crippen LogP contribution in [0.5, 0.6) is 0 Å². The van der Waals surface area contributed by atoms with Gasteiger partial charge >= 0.3 is 7.82 Å². The van der Waals surface area contributed by atoms with Gasteiger partial charge in [0.1, 0.15) is 18.0 Å². The van der Waals surface area contributed by atoms with Crippen LogP contribution in [0.25, 0.3) is 11.1 Å². The Bertz CT molecular complexity index is 1280. The first-order valence-electron chi connectivity index (χ1n) is 11.8. The van der Waals surface area contributed by atoms with Gasteiger partial charge in [-0.2, -0.15) is 0 Å². The summed E-state index contributed by atoms with van der Waals surface area (Å²) in [6.45, 7) is 2.69. The van der Waals surface area contributed by atoms with Crippen molar-refractivity contribution >= 4 is 7.82 Å². The molecule has 1 aromatic heterocycles. The van der Waals surface area contributed by atoms with Gasteiger partial charge in [-0.15, -0.1) is 0 Å². The van der Waals surface area contributed by atoms with E-state index in [1.165, 1.54) is 6.20 Å². The zero-order valence-corrected chi connectivity index (χ0v) is 21.2. The average molecular weight is 528 g/mol. The monoisotopic (exact) mass is 527 g/mol. The molecule has 4 rings (SSSR count). The number of imidazole rings is 1. The minimum Gasteiger partial charge on any atom is -0.389 e. The molecule has 0 bridgehead atoms. The number of benzene rings is 2. The second-order valence-electron chi connectivity index (χ2n) is 8.81. The smallest absolute Gasteiger partial charge is 0.389 e. The second kappa shape index (κ2) is 12.1. The summed E-state index contributed by atoms with van der Waals surface area (Å²) in [5, 5.41) is 23.1. The number of aromatic nitrogens is 2. The van der Waals surface area contributed by atoms with E-state index in [1.807, 2.05) is 48.5 Å². The van der Waals surface area contributed by atoms with Crippen LogP contribution in [0.15, 0.2) is 60.9 Å². The van der Waals surface area contributed by atoms with Gasteiger partial charge in [-0.1, -0.05) is 48.2 Å². The molecule has 0 amide bonds. The molecule has 0 spiro atoms. The molecule has 0 unspecified atom stereocenters. The topological polar surface area (TPSA) is 146 Å². The molecule has 0 aliphatic carbocycles. The number of aliphatic hydroxyl groups is 2. The summed E-state index contributed by atoms with van der Waals surface area (Å²) in [5.74, 6) is 6.31. The van der Waals surface area contributed by atoms with E-state index in [4.69, 9.17) is 14.5 Å². The first kappa shape index (κ1) is 27.2. The van der Waals surface area contributed by atoms with Crippen LogP contribution in [0.1, 0.15) is 36.0 Å². The molecule has 0 saturated carbocycles. The highest BCUT2D eigenvalue weighted by atomic mass is 31.2. The standard InChI is InChI=1S/C26H30N3O7P/c1-18(30)26-27-12-13-29(26)23(15-36-37(32,33)34)11-6-19-2-7-21(8-3-19)22-9-4-20(5-10-22)14-28-24-16-35-17-25(24)31/h2-5,7-10,12-13,18,23-25,28,30-31H,14-17H2,1H3,(H2,32,33,34)/t18-,23-,24-,25-/m0/s1. The fourth-order valence-corrected chi connectivity index (χ4v) is 4.32. The van der Waals surface area contributed by atoms with E-state index in [9.17, 15) is 14.8 Å². The molecule has 2 aromatic carbocycles. The lowest BCUT2D eigenvalue weighted by atomic mass is 10.0. The molecule has 37 heavy (non-hydrogen) atoms. The van der Waals surface area contributed by atoms with Crippen LogP contribution >= 0.6 is 7.82 Å². The van der Waals surface area contributed by atoms with Gasteiger partial charge in [0.05, 0.1) is 32.0 Å². The van der Waals surface area contributed by atoms with Gasteiger partial charge in [0.15, 0.2) is 0 Å². The highest BCUT2D eigenvalue weighted by molar-refractivity contribution is 7.46. The van der Waals surface area contributed by atoms with Gasteiger partial charge in [-0.3, -0.25) is 4.52 Å². The molecule has 1 aliphatic rings. The number of hydrogen-bond acceptors (Lipinski definition) is 7. The van der Waals surface area contributed by atoms with Crippen molar-refractivity contribution in [2.75, 3.05) is 19.8 Å². The molecule has 4 atom stereocenters. The number of nitrogens with zero attached hydrogens (tertiary/aromatic N) is 2. The molecule has 1 fully saturated rings. The molecule has 196 valence electrons. The predicted molar refractivity (Wildman–Crippen MR) is 136 cm³/mol. The lowest BCUT2D eigenvalue weighted by Gasteiger charge is -2.17. The van der Waals surface area contributed by atoms with Crippen molar-refractivity contribution in [3.05, 3.63) is 77.9 Å². The lowest BCUT2D eigenvalue weighted by Crippen LogP contribution is -2.38. The van der Waals surface area contributed by atoms with E-state index in [1.54, 1.807) is 17.7 Å². The molecule has 10 nitrogen and oxygen atoms in total. The van der Waals surface area contributed by atoms with Crippen LogP contribution in [0.4, 0.5) is 0 Å². The minimum atomic E-state index is -4.70. The lowest BCUT2D eigenvalue weighted by molar-refractivity contribution is 0.122. The summed E-state index contributed by atoms with van der Waals surface area (Å²) in [5.41, 5.74) is 3.87. The molecule has 2 heterocycles. The van der Waals surface area contributed by atoms with E-state index in [-0.39, 0.29) is 12.6 Å². The summed E-state index contributed by atoms with van der Waals surface area (Å²) in [7, 11) is -4.70. The quantitative estimate of drug-likeness (QED) is 0.209. The van der Waals surface area contributed by atoms with Gasteiger partial charge in [0, 0.05) is 24.5 Å². The van der Waals surface area contributed by atoms with Crippen LogP contribution in [0, 0.1) is 11.8 Å². The van der Waals surface area contributed by atoms with Gasteiger partial charge in [-0.25, -0.2) is 9.55 Å². The summed E-state index contributed by atoms with van der Waals surface area (Å²) < 4.78 is 22.7. The van der Waals surface area contributed by atoms with E-state index in [0.717, 1.165) is 16.7 Å². The van der Waals surface area contributed by atoms with Crippen molar-refractivity contribution < 1.29 is 33.8 Å². The third-order valence-corrected chi connectivity index (χ3v) is 6.47. The summed E-state index contributed by atoms with van der Waals surface area (Å²) in [6.07, 6.45) is 1.70. The Labute approximate surface area is 215 Å². The molecular formula is C26H30N3O7P. The Balaban J connectivity index is 1.44. The summed E-state index contributed by atoms with van der Waals surface area (Å²) >= 11 is 0. The Hall–Kier alpha value is -2.84. The first-order valence-corrected chi connectivity index (χ1v) is 13.3. The van der Waals surface area contributed by atoms with Crippen LogP contribution < -0.4 is 5.32 Å². The van der Waals surface area contributed by atoms with E-state index in [0.29, 0.717) is 31.1 Å². The van der Waals surface area contributed by atoms with Crippen LogP contribution in [0.3, 0.4) is 0 Å². The van der Waals surface area contributed by atoms with E-state index in [2.05, 4.69) is 26.7 Å². The number of hydrogen-bond donors (Lipinski definition) is 5. The molecule has 3 aromatic rings. The fourth-order valence-electron chi connectivity index (χ4n) is 3.99. The van der Waals surface area contributed by atoms with E-state index >= 15 is 0 Å². The molecule has 0 radical (unpaired) electrons. The normalized spacial score (nSPS) is 19.3. The average Bonchev–Trinajstić information content (AvgIpc) is 3.52. The van der Waals surface area contributed by atoms with Gasteiger partial charge in [0.2, 0.25) is 0 Å². The number of nitrogens with one attached hydrogen (secondary N) is 1. The Morgan fingerprint density at radius 1 is 1.16 bits per heavy atom. The Morgan fingerprint density at radius 3 is 2.43 bits per heavy atom. The fraction of sp³-hybridized carbons (Fsp3) is 0.346. The van der Waals surface area contributed by atoms with Crippen molar-refractivity contribution in [1.82, 2.24) is 14.9 Å². The second-order valence-corrected chi connectivity index (χ2v) is 10.0. The van der Waals surface area contributed by atoms with Crippen LogP contribution in [-0.2, 0) is 20.4 Å². The molecule has 5 N–H and O–H groups in total. The van der Waals surface area contributed by atoms with Crippen molar-refractivity contribution in [3.8, 4) is 23.0 Å². The zero-order valence-electron chi connectivity index (χ0n) is 20.3. The number of phosphoric ester groups is 1. The first-order chi connectivity index (χ1) is 17.7. The highest BCUT2D eigenvalue weighted by Crippen LogP contribution is 2.37. The Morgan fingerprint density at radius 2 is 1.84 bits per heavy atom. The zero-order chi connectivity index (χ0) is 26.4. The van der Waals surface area contributed by atoms with Crippen LogP contribution in [0.2, 0.25) is 0 Å². The maximum absolute atomic E-state index is 11.2. The molecule has 11 heteroatoms. The number of rotatable bonds is 9. The number of aliphatic hydroxyl groups excluding tert-OH is 2. The van der Waals surface area contributed by atoms with Gasteiger partial charge in [0.25, 0.3) is 0 Å². The van der Waals surface area contributed by atoms with Gasteiger partial charge in [-0.05, 0) is 35.7 Å².